The lowest BCUT2D eigenvalue weighted by Gasteiger charge is -2.14. The number of hydrazine groups is 1. The number of non-ortho nitro benzene ring substituents is 1. The molecule has 0 fully saturated rings. The first kappa shape index (κ1) is 20.5. The second kappa shape index (κ2) is 8.82. The van der Waals surface area contributed by atoms with Crippen LogP contribution in [0.4, 0.5) is 5.69 Å². The van der Waals surface area contributed by atoms with E-state index in [0.717, 1.165) is 4.90 Å². The summed E-state index contributed by atoms with van der Waals surface area (Å²) >= 11 is 0. The molecule has 3 rings (SSSR count). The number of rotatable bonds is 7. The highest BCUT2D eigenvalue weighted by Crippen LogP contribution is 2.22. The molecule has 0 saturated heterocycles. The maximum atomic E-state index is 12.2. The third-order valence-electron chi connectivity index (χ3n) is 4.20. The second-order valence-corrected chi connectivity index (χ2v) is 6.19. The number of ether oxygens (including phenoxy) is 1. The van der Waals surface area contributed by atoms with Crippen LogP contribution >= 0.6 is 0 Å². The van der Waals surface area contributed by atoms with E-state index in [4.69, 9.17) is 4.74 Å². The van der Waals surface area contributed by atoms with E-state index in [-0.39, 0.29) is 24.4 Å². The van der Waals surface area contributed by atoms with Crippen molar-refractivity contribution >= 4 is 29.3 Å². The molecule has 0 aromatic heterocycles. The first-order valence-corrected chi connectivity index (χ1v) is 8.77. The number of hydrogen-bond acceptors (Lipinski definition) is 7. The molecule has 0 bridgehead atoms. The first-order valence-electron chi connectivity index (χ1n) is 8.77. The van der Waals surface area contributed by atoms with Gasteiger partial charge in [-0.05, 0) is 24.3 Å². The maximum absolute atomic E-state index is 12.2. The summed E-state index contributed by atoms with van der Waals surface area (Å²) in [5.74, 6) is -1.96. The number of fused-ring (bicyclic) bond motifs is 1. The van der Waals surface area contributed by atoms with Crippen LogP contribution in [0.5, 0.6) is 5.75 Å². The topological polar surface area (TPSA) is 148 Å². The molecule has 0 aliphatic carbocycles. The number of benzene rings is 2. The predicted molar refractivity (Wildman–Crippen MR) is 101 cm³/mol. The molecule has 2 aromatic rings. The van der Waals surface area contributed by atoms with Crippen molar-refractivity contribution in [1.29, 1.82) is 0 Å². The molecule has 1 aliphatic rings. The molecule has 0 atom stereocenters. The Morgan fingerprint density at radius 2 is 1.50 bits per heavy atom. The van der Waals surface area contributed by atoms with Crippen LogP contribution < -0.4 is 15.6 Å². The highest BCUT2D eigenvalue weighted by molar-refractivity contribution is 6.21. The van der Waals surface area contributed by atoms with Crippen molar-refractivity contribution in [2.75, 3.05) is 13.2 Å². The zero-order valence-electron chi connectivity index (χ0n) is 15.5. The van der Waals surface area contributed by atoms with Gasteiger partial charge in [-0.15, -0.1) is 0 Å². The fourth-order valence-corrected chi connectivity index (χ4v) is 2.71. The van der Waals surface area contributed by atoms with Gasteiger partial charge in [-0.2, -0.15) is 0 Å². The van der Waals surface area contributed by atoms with Crippen molar-refractivity contribution < 1.29 is 28.8 Å². The van der Waals surface area contributed by atoms with E-state index in [1.807, 2.05) is 0 Å². The van der Waals surface area contributed by atoms with Gasteiger partial charge in [-0.1, -0.05) is 12.1 Å². The fraction of sp³-hybridized carbons (Fsp3) is 0.158. The Balaban J connectivity index is 1.39. The number of nitrogens with one attached hydrogen (secondary N) is 2. The summed E-state index contributed by atoms with van der Waals surface area (Å²) in [7, 11) is 0. The number of amides is 4. The van der Waals surface area contributed by atoms with Crippen LogP contribution in [-0.2, 0) is 9.59 Å². The van der Waals surface area contributed by atoms with E-state index in [1.165, 1.54) is 24.3 Å². The molecule has 0 saturated carbocycles. The Labute approximate surface area is 169 Å². The number of nitrogens with zero attached hydrogens (tertiary/aromatic N) is 2. The predicted octanol–water partition coefficient (Wildman–Crippen LogP) is 0.807. The molecule has 30 heavy (non-hydrogen) atoms. The van der Waals surface area contributed by atoms with E-state index in [9.17, 15) is 29.3 Å². The SMILES string of the molecule is O=C(CCN1C(=O)c2ccccc2C1=O)NNC(=O)COc1ccc([N+](=O)[O-])cc1. The van der Waals surface area contributed by atoms with E-state index in [1.54, 1.807) is 24.3 Å². The van der Waals surface area contributed by atoms with Gasteiger partial charge in [0.15, 0.2) is 6.61 Å². The monoisotopic (exact) mass is 412 g/mol. The normalized spacial score (nSPS) is 12.3. The molecule has 1 aliphatic heterocycles. The Morgan fingerprint density at radius 1 is 0.933 bits per heavy atom. The van der Waals surface area contributed by atoms with Crippen molar-refractivity contribution in [2.45, 2.75) is 6.42 Å². The van der Waals surface area contributed by atoms with Gasteiger partial charge in [0.05, 0.1) is 16.1 Å². The molecule has 2 aromatic carbocycles. The standard InChI is InChI=1S/C19H16N4O7/c24-16(9-10-22-18(26)14-3-1-2-4-15(14)19(22)27)20-21-17(25)11-30-13-7-5-12(6-8-13)23(28)29/h1-8H,9-11H2,(H,20,24)(H,21,25). The van der Waals surface area contributed by atoms with Crippen molar-refractivity contribution in [1.82, 2.24) is 15.8 Å². The molecule has 11 nitrogen and oxygen atoms in total. The van der Waals surface area contributed by atoms with Gasteiger partial charge in [-0.3, -0.25) is 45.0 Å². The number of carbonyl (C=O) groups is 4. The lowest BCUT2D eigenvalue weighted by Crippen LogP contribution is -2.45. The van der Waals surface area contributed by atoms with E-state index >= 15 is 0 Å². The van der Waals surface area contributed by atoms with Gasteiger partial charge in [-0.25, -0.2) is 0 Å². The smallest absolute Gasteiger partial charge is 0.276 e. The number of carbonyl (C=O) groups excluding carboxylic acids is 4. The van der Waals surface area contributed by atoms with E-state index in [0.29, 0.717) is 11.1 Å². The lowest BCUT2D eigenvalue weighted by atomic mass is 10.1. The van der Waals surface area contributed by atoms with Crippen LogP contribution in [0.1, 0.15) is 27.1 Å². The minimum Gasteiger partial charge on any atom is -0.484 e. The molecule has 1 heterocycles. The van der Waals surface area contributed by atoms with Gasteiger partial charge in [0.1, 0.15) is 5.75 Å². The van der Waals surface area contributed by atoms with Crippen LogP contribution in [0.25, 0.3) is 0 Å². The molecule has 154 valence electrons. The molecule has 4 amide bonds. The average Bonchev–Trinajstić information content (AvgIpc) is 2.99. The van der Waals surface area contributed by atoms with Crippen LogP contribution in [0.3, 0.4) is 0 Å². The number of nitro groups is 1. The number of nitro benzene ring substituents is 1. The molecule has 0 radical (unpaired) electrons. The first-order chi connectivity index (χ1) is 14.4. The van der Waals surface area contributed by atoms with Crippen LogP contribution in [0.15, 0.2) is 48.5 Å². The highest BCUT2D eigenvalue weighted by Gasteiger charge is 2.34. The van der Waals surface area contributed by atoms with E-state index in [2.05, 4.69) is 10.9 Å². The van der Waals surface area contributed by atoms with Crippen molar-refractivity contribution in [3.63, 3.8) is 0 Å². The Morgan fingerprint density at radius 3 is 2.07 bits per heavy atom. The third-order valence-corrected chi connectivity index (χ3v) is 4.20. The summed E-state index contributed by atoms with van der Waals surface area (Å²) in [6.07, 6.45) is -0.199. The Hall–Kier alpha value is -4.28. The fourth-order valence-electron chi connectivity index (χ4n) is 2.71. The van der Waals surface area contributed by atoms with E-state index < -0.39 is 35.2 Å². The summed E-state index contributed by atoms with van der Waals surface area (Å²) in [5.41, 5.74) is 4.77. The Kier molecular flexibility index (Phi) is 6.01. The van der Waals surface area contributed by atoms with Gasteiger partial charge in [0.2, 0.25) is 5.91 Å². The summed E-state index contributed by atoms with van der Waals surface area (Å²) in [4.78, 5) is 59.0. The van der Waals surface area contributed by atoms with Crippen molar-refractivity contribution in [3.8, 4) is 5.75 Å². The minimum absolute atomic E-state index is 0.114. The maximum Gasteiger partial charge on any atom is 0.276 e. The van der Waals surface area contributed by atoms with Gasteiger partial charge in [0, 0.05) is 25.1 Å². The molecule has 11 heteroatoms. The largest absolute Gasteiger partial charge is 0.484 e. The summed E-state index contributed by atoms with van der Waals surface area (Å²) in [5, 5.41) is 10.6. The highest BCUT2D eigenvalue weighted by atomic mass is 16.6. The molecule has 2 N–H and O–H groups in total. The van der Waals surface area contributed by atoms with Crippen molar-refractivity contribution in [3.05, 3.63) is 69.8 Å². The molecule has 0 spiro atoms. The van der Waals surface area contributed by atoms with Crippen LogP contribution in [0, 0.1) is 10.1 Å². The summed E-state index contributed by atoms with van der Waals surface area (Å²) in [6, 6.07) is 11.5. The zero-order chi connectivity index (χ0) is 21.7. The third kappa shape index (κ3) is 4.58. The minimum atomic E-state index is -0.664. The van der Waals surface area contributed by atoms with Crippen LogP contribution in [-0.4, -0.2) is 46.6 Å². The second-order valence-electron chi connectivity index (χ2n) is 6.19. The van der Waals surface area contributed by atoms with Crippen LogP contribution in [0.2, 0.25) is 0 Å². The van der Waals surface area contributed by atoms with Crippen molar-refractivity contribution in [2.24, 2.45) is 0 Å². The average molecular weight is 412 g/mol. The summed E-state index contributed by atoms with van der Waals surface area (Å²) in [6.45, 7) is -0.566. The molecular formula is C19H16N4O7. The molecule has 0 unspecified atom stereocenters. The lowest BCUT2D eigenvalue weighted by molar-refractivity contribution is -0.384. The number of imide groups is 1. The quantitative estimate of drug-likeness (QED) is 0.388. The zero-order valence-corrected chi connectivity index (χ0v) is 15.5. The molecular weight excluding hydrogens is 396 g/mol. The van der Waals surface area contributed by atoms with Gasteiger partial charge >= 0.3 is 0 Å². The van der Waals surface area contributed by atoms with Gasteiger partial charge < -0.3 is 4.74 Å². The van der Waals surface area contributed by atoms with Gasteiger partial charge in [0.25, 0.3) is 23.4 Å². The summed E-state index contributed by atoms with van der Waals surface area (Å²) < 4.78 is 5.16. The number of hydrogen-bond donors (Lipinski definition) is 2. The Bertz CT molecular complexity index is 985.